The van der Waals surface area contributed by atoms with Gasteiger partial charge in [-0.3, -0.25) is 0 Å². The molecule has 1 fully saturated rings. The van der Waals surface area contributed by atoms with E-state index in [0.717, 1.165) is 30.7 Å². The molecule has 0 spiro atoms. The summed E-state index contributed by atoms with van der Waals surface area (Å²) >= 11 is 0. The lowest BCUT2D eigenvalue weighted by molar-refractivity contribution is 0.226. The maximum absolute atomic E-state index is 5.68. The van der Waals surface area contributed by atoms with Gasteiger partial charge < -0.3 is 10.1 Å². The SMILES string of the molecule is CCOc1ccccc1CNC1CCC(C)CC1C. The van der Waals surface area contributed by atoms with Crippen LogP contribution in [0, 0.1) is 11.8 Å². The molecule has 19 heavy (non-hydrogen) atoms. The van der Waals surface area contributed by atoms with Gasteiger partial charge in [0.2, 0.25) is 0 Å². The van der Waals surface area contributed by atoms with Gasteiger partial charge in [-0.1, -0.05) is 32.0 Å². The van der Waals surface area contributed by atoms with Gasteiger partial charge in [0, 0.05) is 18.2 Å². The summed E-state index contributed by atoms with van der Waals surface area (Å²) in [6.45, 7) is 8.43. The molecule has 1 saturated carbocycles. The molecule has 0 heterocycles. The molecule has 1 aromatic carbocycles. The van der Waals surface area contributed by atoms with Crippen molar-refractivity contribution in [2.24, 2.45) is 11.8 Å². The molecule has 0 saturated heterocycles. The van der Waals surface area contributed by atoms with Crippen molar-refractivity contribution in [3.63, 3.8) is 0 Å². The Morgan fingerprint density at radius 2 is 2.00 bits per heavy atom. The summed E-state index contributed by atoms with van der Waals surface area (Å²) in [7, 11) is 0. The molecule has 106 valence electrons. The van der Waals surface area contributed by atoms with Crippen molar-refractivity contribution in [3.8, 4) is 5.75 Å². The molecule has 0 radical (unpaired) electrons. The fraction of sp³-hybridized carbons (Fsp3) is 0.647. The van der Waals surface area contributed by atoms with E-state index in [1.165, 1.54) is 24.8 Å². The zero-order chi connectivity index (χ0) is 13.7. The van der Waals surface area contributed by atoms with Crippen LogP contribution in [0.3, 0.4) is 0 Å². The largest absolute Gasteiger partial charge is 0.494 e. The highest BCUT2D eigenvalue weighted by Gasteiger charge is 2.24. The molecule has 1 aliphatic carbocycles. The molecule has 2 rings (SSSR count). The first-order chi connectivity index (χ1) is 9.20. The lowest BCUT2D eigenvalue weighted by atomic mass is 9.80. The van der Waals surface area contributed by atoms with Gasteiger partial charge >= 0.3 is 0 Å². The number of rotatable bonds is 5. The number of benzene rings is 1. The quantitative estimate of drug-likeness (QED) is 0.865. The smallest absolute Gasteiger partial charge is 0.123 e. The van der Waals surface area contributed by atoms with Gasteiger partial charge in [0.05, 0.1) is 6.61 Å². The van der Waals surface area contributed by atoms with Crippen LogP contribution >= 0.6 is 0 Å². The highest BCUT2D eigenvalue weighted by atomic mass is 16.5. The molecule has 0 bridgehead atoms. The lowest BCUT2D eigenvalue weighted by Gasteiger charge is -2.33. The zero-order valence-corrected chi connectivity index (χ0v) is 12.5. The molecule has 0 aromatic heterocycles. The van der Waals surface area contributed by atoms with Gasteiger partial charge in [-0.2, -0.15) is 0 Å². The molecule has 2 nitrogen and oxygen atoms in total. The molecule has 0 amide bonds. The number of hydrogen-bond acceptors (Lipinski definition) is 2. The Labute approximate surface area is 117 Å². The van der Waals surface area contributed by atoms with E-state index in [1.54, 1.807) is 0 Å². The Morgan fingerprint density at radius 1 is 1.21 bits per heavy atom. The van der Waals surface area contributed by atoms with E-state index >= 15 is 0 Å². The summed E-state index contributed by atoms with van der Waals surface area (Å²) in [5.74, 6) is 2.70. The summed E-state index contributed by atoms with van der Waals surface area (Å²) in [4.78, 5) is 0. The molecule has 2 heteroatoms. The maximum Gasteiger partial charge on any atom is 0.123 e. The van der Waals surface area contributed by atoms with Crippen LogP contribution in [0.5, 0.6) is 5.75 Å². The highest BCUT2D eigenvalue weighted by Crippen LogP contribution is 2.29. The lowest BCUT2D eigenvalue weighted by Crippen LogP contribution is -2.38. The van der Waals surface area contributed by atoms with Crippen LogP contribution in [0.4, 0.5) is 0 Å². The summed E-state index contributed by atoms with van der Waals surface area (Å²) < 4.78 is 5.68. The number of hydrogen-bond donors (Lipinski definition) is 1. The fourth-order valence-corrected chi connectivity index (χ4v) is 3.16. The van der Waals surface area contributed by atoms with E-state index in [-0.39, 0.29) is 0 Å². The van der Waals surface area contributed by atoms with Crippen LogP contribution in [0.2, 0.25) is 0 Å². The van der Waals surface area contributed by atoms with Gasteiger partial charge in [0.1, 0.15) is 5.75 Å². The first kappa shape index (κ1) is 14.4. The number of ether oxygens (including phenoxy) is 1. The normalized spacial score (nSPS) is 27.2. The average molecular weight is 261 g/mol. The predicted molar refractivity (Wildman–Crippen MR) is 80.4 cm³/mol. The van der Waals surface area contributed by atoms with Crippen molar-refractivity contribution >= 4 is 0 Å². The standard InChI is InChI=1S/C17H27NO/c1-4-19-17-8-6-5-7-15(17)12-18-16-10-9-13(2)11-14(16)3/h5-8,13-14,16,18H,4,9-12H2,1-3H3. The third-order valence-corrected chi connectivity index (χ3v) is 4.26. The van der Waals surface area contributed by atoms with E-state index in [1.807, 2.05) is 13.0 Å². The van der Waals surface area contributed by atoms with Crippen LogP contribution < -0.4 is 10.1 Å². The van der Waals surface area contributed by atoms with Gasteiger partial charge in [-0.25, -0.2) is 0 Å². The first-order valence-corrected chi connectivity index (χ1v) is 7.64. The predicted octanol–water partition coefficient (Wildman–Crippen LogP) is 4.00. The van der Waals surface area contributed by atoms with Crippen molar-refractivity contribution in [2.75, 3.05) is 6.61 Å². The Bertz CT molecular complexity index is 391. The molecule has 0 aliphatic heterocycles. The second kappa shape index (κ2) is 6.95. The van der Waals surface area contributed by atoms with Crippen molar-refractivity contribution in [3.05, 3.63) is 29.8 Å². The molecular weight excluding hydrogens is 234 g/mol. The molecule has 3 unspecified atom stereocenters. The summed E-state index contributed by atoms with van der Waals surface area (Å²) in [6.07, 6.45) is 4.01. The highest BCUT2D eigenvalue weighted by molar-refractivity contribution is 5.33. The van der Waals surface area contributed by atoms with E-state index in [0.29, 0.717) is 6.04 Å². The topological polar surface area (TPSA) is 21.3 Å². The van der Waals surface area contributed by atoms with E-state index < -0.39 is 0 Å². The van der Waals surface area contributed by atoms with Crippen molar-refractivity contribution in [1.29, 1.82) is 0 Å². The second-order valence-corrected chi connectivity index (χ2v) is 5.92. The Kier molecular flexibility index (Phi) is 5.26. The minimum atomic E-state index is 0.658. The summed E-state index contributed by atoms with van der Waals surface area (Å²) in [6, 6.07) is 9.01. The molecule has 3 atom stereocenters. The third-order valence-electron chi connectivity index (χ3n) is 4.26. The third kappa shape index (κ3) is 3.97. The first-order valence-electron chi connectivity index (χ1n) is 7.64. The molecular formula is C17H27NO. The Hall–Kier alpha value is -1.02. The van der Waals surface area contributed by atoms with E-state index in [9.17, 15) is 0 Å². The second-order valence-electron chi connectivity index (χ2n) is 5.92. The Morgan fingerprint density at radius 3 is 2.74 bits per heavy atom. The van der Waals surface area contributed by atoms with Crippen molar-refractivity contribution in [1.82, 2.24) is 5.32 Å². The van der Waals surface area contributed by atoms with Gasteiger partial charge in [-0.15, -0.1) is 0 Å². The molecule has 1 aliphatic rings. The molecule has 1 aromatic rings. The summed E-state index contributed by atoms with van der Waals surface area (Å²) in [5, 5.41) is 3.73. The number of nitrogens with one attached hydrogen (secondary N) is 1. The van der Waals surface area contributed by atoms with Gasteiger partial charge in [0.25, 0.3) is 0 Å². The maximum atomic E-state index is 5.68. The van der Waals surface area contributed by atoms with Crippen LogP contribution in [-0.2, 0) is 6.54 Å². The summed E-state index contributed by atoms with van der Waals surface area (Å²) in [5.41, 5.74) is 1.27. The minimum Gasteiger partial charge on any atom is -0.494 e. The van der Waals surface area contributed by atoms with E-state index in [4.69, 9.17) is 4.74 Å². The van der Waals surface area contributed by atoms with Crippen molar-refractivity contribution < 1.29 is 4.74 Å². The average Bonchev–Trinajstić information content (AvgIpc) is 2.40. The van der Waals surface area contributed by atoms with E-state index in [2.05, 4.69) is 37.4 Å². The van der Waals surface area contributed by atoms with Gasteiger partial charge in [-0.05, 0) is 44.1 Å². The van der Waals surface area contributed by atoms with Gasteiger partial charge in [0.15, 0.2) is 0 Å². The fourth-order valence-electron chi connectivity index (χ4n) is 3.16. The molecule has 1 N–H and O–H groups in total. The van der Waals surface area contributed by atoms with Crippen LogP contribution in [0.1, 0.15) is 45.6 Å². The van der Waals surface area contributed by atoms with Crippen LogP contribution in [-0.4, -0.2) is 12.6 Å². The van der Waals surface area contributed by atoms with Crippen LogP contribution in [0.25, 0.3) is 0 Å². The minimum absolute atomic E-state index is 0.658. The monoisotopic (exact) mass is 261 g/mol. The zero-order valence-electron chi connectivity index (χ0n) is 12.5. The van der Waals surface area contributed by atoms with Crippen LogP contribution in [0.15, 0.2) is 24.3 Å². The Balaban J connectivity index is 1.91. The number of para-hydroxylation sites is 1. The van der Waals surface area contributed by atoms with Crippen molar-refractivity contribution in [2.45, 2.75) is 52.6 Å².